The third-order valence-electron chi connectivity index (χ3n) is 6.93. The Labute approximate surface area is 338 Å². The number of aromatic nitrogens is 8. The van der Waals surface area contributed by atoms with E-state index in [0.717, 1.165) is 25.3 Å². The van der Waals surface area contributed by atoms with Crippen LogP contribution in [-0.2, 0) is 19.1 Å². The molecular formula is C22H22K2N8O14. The maximum atomic E-state index is 11.6. The number of ether oxygens (including phenoxy) is 2. The van der Waals surface area contributed by atoms with Crippen LogP contribution in [0.25, 0.3) is 22.3 Å². The minimum absolute atomic E-state index is 0. The molecule has 6 heterocycles. The molecule has 22 nitrogen and oxygen atoms in total. The smallest absolute Gasteiger partial charge is 0.547 e. The Morgan fingerprint density at radius 2 is 1.04 bits per heavy atom. The van der Waals surface area contributed by atoms with Gasteiger partial charge in [0.1, 0.15) is 48.8 Å². The second kappa shape index (κ2) is 15.9. The van der Waals surface area contributed by atoms with E-state index in [1.165, 1.54) is 9.13 Å². The number of aliphatic carboxylic acids is 2. The minimum Gasteiger partial charge on any atom is -0.547 e. The van der Waals surface area contributed by atoms with Crippen molar-refractivity contribution in [3.8, 4) is 0 Å². The molecule has 0 aliphatic carbocycles. The van der Waals surface area contributed by atoms with Gasteiger partial charge in [-0.1, -0.05) is 0 Å². The van der Waals surface area contributed by atoms with Crippen LogP contribution in [0.2, 0.25) is 0 Å². The van der Waals surface area contributed by atoms with Gasteiger partial charge in [-0.05, 0) is 0 Å². The summed E-state index contributed by atoms with van der Waals surface area (Å²) < 4.78 is 12.7. The van der Waals surface area contributed by atoms with Crippen molar-refractivity contribution in [1.29, 1.82) is 0 Å². The number of nitrogens with one attached hydrogen (secondary N) is 2. The zero-order valence-corrected chi connectivity index (χ0v) is 30.0. The Morgan fingerprint density at radius 3 is 1.37 bits per heavy atom. The van der Waals surface area contributed by atoms with Gasteiger partial charge in [-0.3, -0.25) is 18.7 Å². The van der Waals surface area contributed by atoms with Crippen molar-refractivity contribution in [3.63, 3.8) is 0 Å². The summed E-state index contributed by atoms with van der Waals surface area (Å²) >= 11 is 0. The molecule has 0 aromatic carbocycles. The molecule has 2 fully saturated rings. The summed E-state index contributed by atoms with van der Waals surface area (Å²) in [6, 6.07) is 0. The van der Waals surface area contributed by atoms with Crippen molar-refractivity contribution in [3.05, 3.63) is 46.0 Å². The van der Waals surface area contributed by atoms with E-state index in [1.54, 1.807) is 0 Å². The van der Waals surface area contributed by atoms with Crippen LogP contribution in [0.3, 0.4) is 0 Å². The number of carbonyl (C=O) groups is 2. The van der Waals surface area contributed by atoms with Gasteiger partial charge in [0.05, 0.1) is 37.2 Å². The van der Waals surface area contributed by atoms with Crippen molar-refractivity contribution < 1.29 is 163 Å². The first-order valence-corrected chi connectivity index (χ1v) is 12.4. The number of aliphatic hydroxyl groups excluding tert-OH is 6. The van der Waals surface area contributed by atoms with Crippen LogP contribution >= 0.6 is 0 Å². The molecule has 2 saturated heterocycles. The fourth-order valence-corrected chi connectivity index (χ4v) is 4.72. The molecule has 46 heavy (non-hydrogen) atoms. The second-order valence-electron chi connectivity index (χ2n) is 9.58. The number of carboxylic acids is 2. The summed E-state index contributed by atoms with van der Waals surface area (Å²) in [5.41, 5.74) is -0.910. The van der Waals surface area contributed by atoms with Crippen molar-refractivity contribution in [2.45, 2.75) is 61.3 Å². The summed E-state index contributed by atoms with van der Waals surface area (Å²) in [6.07, 6.45) is -11.9. The van der Waals surface area contributed by atoms with Gasteiger partial charge >= 0.3 is 103 Å². The van der Waals surface area contributed by atoms with Gasteiger partial charge in [0, 0.05) is 0 Å². The Morgan fingerprint density at radius 1 is 0.696 bits per heavy atom. The topological polar surface area (TPSA) is 347 Å². The van der Waals surface area contributed by atoms with Gasteiger partial charge in [0.25, 0.3) is 11.1 Å². The zero-order chi connectivity index (χ0) is 32.0. The fraction of sp³-hybridized carbons (Fsp3) is 0.455. The maximum Gasteiger partial charge on any atom is 1.00 e. The van der Waals surface area contributed by atoms with Gasteiger partial charge < -0.3 is 69.9 Å². The van der Waals surface area contributed by atoms with Crippen LogP contribution in [0.15, 0.2) is 34.9 Å². The van der Waals surface area contributed by atoms with Gasteiger partial charge in [-0.25, -0.2) is 19.9 Å². The first-order valence-electron chi connectivity index (χ1n) is 12.4. The van der Waals surface area contributed by atoms with E-state index >= 15 is 0 Å². The number of carbonyl (C=O) groups excluding carboxylic acids is 2. The molecule has 236 valence electrons. The number of fused-ring (bicyclic) bond motifs is 2. The van der Waals surface area contributed by atoms with E-state index in [1.807, 2.05) is 0 Å². The molecule has 24 heteroatoms. The standard InChI is InChI=1S/2C11H12N4O7.2K/c2*16-4-5(17)10(22-7(4)6(18)11(20)21)15-2-14-3-8(15)12-1-13-9(3)19;;/h2*1-2,4-7,10,16-18H,(H,20,21)(H,12,13,19);;/q;;2*+1/p-2. The van der Waals surface area contributed by atoms with Crippen molar-refractivity contribution >= 4 is 34.3 Å². The molecule has 4 aromatic rings. The summed E-state index contributed by atoms with van der Waals surface area (Å²) in [6.45, 7) is 0. The number of rotatable bonds is 6. The van der Waals surface area contributed by atoms with Crippen LogP contribution < -0.4 is 124 Å². The largest absolute Gasteiger partial charge is 1.00 e. The van der Waals surface area contributed by atoms with Gasteiger partial charge in [-0.2, -0.15) is 0 Å². The Balaban J connectivity index is 0.000000240. The molecule has 8 N–H and O–H groups in total. The molecule has 0 amide bonds. The van der Waals surface area contributed by atoms with Crippen molar-refractivity contribution in [2.75, 3.05) is 0 Å². The predicted octanol–water partition coefficient (Wildman–Crippen LogP) is -14.3. The van der Waals surface area contributed by atoms with Gasteiger partial charge in [0.15, 0.2) is 34.8 Å². The molecular weight excluding hydrogens is 678 g/mol. The van der Waals surface area contributed by atoms with Gasteiger partial charge in [0.2, 0.25) is 0 Å². The quantitative estimate of drug-likeness (QED) is 0.0865. The predicted molar refractivity (Wildman–Crippen MR) is 130 cm³/mol. The van der Waals surface area contributed by atoms with Crippen LogP contribution in [0.1, 0.15) is 12.5 Å². The normalized spacial score (nSPS) is 28.5. The average Bonchev–Trinajstić information content (AvgIpc) is 3.75. The second-order valence-corrected chi connectivity index (χ2v) is 9.58. The fourth-order valence-electron chi connectivity index (χ4n) is 4.72. The van der Waals surface area contributed by atoms with Crippen LogP contribution in [0, 0.1) is 0 Å². The number of nitrogens with zero attached hydrogens (tertiary/aromatic N) is 6. The Bertz CT molecular complexity index is 1680. The molecule has 2 aliphatic rings. The number of aliphatic hydroxyl groups is 6. The minimum atomic E-state index is -2.12. The monoisotopic (exact) mass is 700 g/mol. The van der Waals surface area contributed by atoms with E-state index in [9.17, 15) is 60.0 Å². The molecule has 10 atom stereocenters. The molecule has 0 spiro atoms. The van der Waals surface area contributed by atoms with E-state index in [-0.39, 0.29) is 125 Å². The summed E-state index contributed by atoms with van der Waals surface area (Å²) in [7, 11) is 0. The summed E-state index contributed by atoms with van der Waals surface area (Å²) in [5, 5.41) is 79.9. The van der Waals surface area contributed by atoms with Gasteiger partial charge in [-0.15, -0.1) is 0 Å². The number of imidazole rings is 2. The number of aromatic amines is 2. The maximum absolute atomic E-state index is 11.6. The van der Waals surface area contributed by atoms with Crippen molar-refractivity contribution in [2.24, 2.45) is 0 Å². The van der Waals surface area contributed by atoms with E-state index < -0.39 is 84.3 Å². The Kier molecular flexibility index (Phi) is 13.5. The number of hydrogen-bond donors (Lipinski definition) is 8. The molecule has 0 radical (unpaired) electrons. The van der Waals surface area contributed by atoms with E-state index in [2.05, 4.69) is 29.9 Å². The van der Waals surface area contributed by atoms with Crippen LogP contribution in [0.4, 0.5) is 0 Å². The summed E-state index contributed by atoms with van der Waals surface area (Å²) in [4.78, 5) is 64.5. The average molecular weight is 701 g/mol. The first-order chi connectivity index (χ1) is 20.8. The number of H-pyrrole nitrogens is 2. The molecule has 0 bridgehead atoms. The SMILES string of the molecule is O=C([O-])C(O)C1OC(n2cnc3c(=O)[nH]cnc32)C(O)C1O.O=C([O-])C(O)C1OC(n2cnc3c(=O)[nH]cnc32)C(O)C1O.[K+].[K+]. The molecule has 10 unspecified atom stereocenters. The number of hydrogen-bond acceptors (Lipinski definition) is 18. The third kappa shape index (κ3) is 7.28. The Hall–Kier alpha value is -1.41. The molecule has 6 rings (SSSR count). The first kappa shape index (κ1) is 39.0. The van der Waals surface area contributed by atoms with E-state index in [0.29, 0.717) is 0 Å². The third-order valence-corrected chi connectivity index (χ3v) is 6.93. The summed E-state index contributed by atoms with van der Waals surface area (Å²) in [5.74, 6) is -3.69. The van der Waals surface area contributed by atoms with Crippen LogP contribution in [0.5, 0.6) is 0 Å². The zero-order valence-electron chi connectivity index (χ0n) is 23.7. The van der Waals surface area contributed by atoms with Crippen molar-refractivity contribution in [1.82, 2.24) is 39.0 Å². The van der Waals surface area contributed by atoms with Crippen LogP contribution in [-0.4, -0.2) is 130 Å². The molecule has 2 aliphatic heterocycles. The van der Waals surface area contributed by atoms with E-state index in [4.69, 9.17) is 9.47 Å². The number of carboxylic acid groups (broad SMARTS) is 2. The molecule has 0 saturated carbocycles. The molecule has 4 aromatic heterocycles.